The van der Waals surface area contributed by atoms with Gasteiger partial charge in [0.2, 0.25) is 5.91 Å². The molecule has 0 spiro atoms. The Morgan fingerprint density at radius 2 is 1.81 bits per heavy atom. The lowest BCUT2D eigenvalue weighted by Crippen LogP contribution is -2.49. The minimum atomic E-state index is -0.386. The van der Waals surface area contributed by atoms with Crippen molar-refractivity contribution in [1.29, 1.82) is 0 Å². The fraction of sp³-hybridized carbons (Fsp3) is 0.941. The summed E-state index contributed by atoms with van der Waals surface area (Å²) in [5.74, 6) is 0.914. The lowest BCUT2D eigenvalue weighted by atomic mass is 9.90. The Morgan fingerprint density at radius 1 is 1.19 bits per heavy atom. The monoisotopic (exact) mass is 294 g/mol. The lowest BCUT2D eigenvalue weighted by Gasteiger charge is -2.38. The van der Waals surface area contributed by atoms with Crippen LogP contribution >= 0.6 is 0 Å². The molecule has 3 rings (SSSR count). The molecule has 0 bridgehead atoms. The van der Waals surface area contributed by atoms with Crippen molar-refractivity contribution in [3.05, 3.63) is 0 Å². The van der Waals surface area contributed by atoms with Crippen molar-refractivity contribution < 1.29 is 9.90 Å². The molecule has 2 unspecified atom stereocenters. The highest BCUT2D eigenvalue weighted by Crippen LogP contribution is 2.38. The largest absolute Gasteiger partial charge is 0.393 e. The molecule has 3 fully saturated rings. The molecule has 21 heavy (non-hydrogen) atoms. The van der Waals surface area contributed by atoms with E-state index in [0.29, 0.717) is 17.9 Å². The lowest BCUT2D eigenvalue weighted by molar-refractivity contribution is -0.137. The van der Waals surface area contributed by atoms with Gasteiger partial charge in [0.15, 0.2) is 0 Å². The quantitative estimate of drug-likeness (QED) is 0.840. The molecule has 2 atom stereocenters. The maximum Gasteiger partial charge on any atom is 0.244 e. The Bertz CT molecular complexity index is 386. The van der Waals surface area contributed by atoms with E-state index >= 15 is 0 Å². The third-order valence-electron chi connectivity index (χ3n) is 6.09. The van der Waals surface area contributed by atoms with Gasteiger partial charge in [0.1, 0.15) is 0 Å². The second kappa shape index (κ2) is 5.88. The summed E-state index contributed by atoms with van der Waals surface area (Å²) < 4.78 is 0. The number of rotatable bonds is 3. The molecule has 120 valence electrons. The zero-order valence-corrected chi connectivity index (χ0v) is 13.5. The summed E-state index contributed by atoms with van der Waals surface area (Å²) in [6.07, 6.45) is 9.61. The van der Waals surface area contributed by atoms with E-state index in [2.05, 4.69) is 24.1 Å². The van der Waals surface area contributed by atoms with Gasteiger partial charge in [0.25, 0.3) is 0 Å². The third kappa shape index (κ3) is 2.72. The van der Waals surface area contributed by atoms with Gasteiger partial charge in [-0.15, -0.1) is 0 Å². The van der Waals surface area contributed by atoms with Crippen LogP contribution in [0.3, 0.4) is 0 Å². The van der Waals surface area contributed by atoms with Crippen LogP contribution in [0.1, 0.15) is 71.6 Å². The molecule has 4 nitrogen and oxygen atoms in total. The first-order chi connectivity index (χ1) is 10.0. The van der Waals surface area contributed by atoms with Crippen LogP contribution in [-0.4, -0.2) is 39.8 Å². The van der Waals surface area contributed by atoms with E-state index in [1.54, 1.807) is 0 Å². The predicted molar refractivity (Wildman–Crippen MR) is 82.7 cm³/mol. The molecule has 0 radical (unpaired) electrons. The van der Waals surface area contributed by atoms with Gasteiger partial charge in [0, 0.05) is 6.04 Å². The maximum atomic E-state index is 13.0. The second-order valence-electron chi connectivity index (χ2n) is 7.49. The number of hydrogen-bond acceptors (Lipinski definition) is 3. The molecule has 2 N–H and O–H groups in total. The SMILES string of the molecule is CCC1(C)NC(C2CCCC2)N(C2CCC(O)CC2)C1=O. The summed E-state index contributed by atoms with van der Waals surface area (Å²) in [5, 5.41) is 13.4. The second-order valence-corrected chi connectivity index (χ2v) is 7.49. The van der Waals surface area contributed by atoms with Crippen LogP contribution in [-0.2, 0) is 4.79 Å². The van der Waals surface area contributed by atoms with Gasteiger partial charge in [-0.2, -0.15) is 0 Å². The number of hydrogen-bond donors (Lipinski definition) is 2. The molecule has 3 aliphatic rings. The van der Waals surface area contributed by atoms with Crippen molar-refractivity contribution in [2.24, 2.45) is 5.92 Å². The van der Waals surface area contributed by atoms with Gasteiger partial charge in [-0.05, 0) is 57.8 Å². The highest BCUT2D eigenvalue weighted by atomic mass is 16.3. The first-order valence-electron chi connectivity index (χ1n) is 8.83. The Morgan fingerprint density at radius 3 is 2.38 bits per heavy atom. The normalized spacial score (nSPS) is 42.0. The summed E-state index contributed by atoms with van der Waals surface area (Å²) in [6, 6.07) is 0.326. The third-order valence-corrected chi connectivity index (χ3v) is 6.09. The highest BCUT2D eigenvalue weighted by Gasteiger charge is 2.51. The van der Waals surface area contributed by atoms with E-state index in [-0.39, 0.29) is 17.8 Å². The maximum absolute atomic E-state index is 13.0. The molecule has 0 aromatic rings. The van der Waals surface area contributed by atoms with Gasteiger partial charge in [0.05, 0.1) is 17.8 Å². The number of nitrogens with one attached hydrogen (secondary N) is 1. The molecule has 2 saturated carbocycles. The van der Waals surface area contributed by atoms with Crippen LogP contribution in [0.25, 0.3) is 0 Å². The van der Waals surface area contributed by atoms with Gasteiger partial charge in [-0.25, -0.2) is 0 Å². The number of carbonyl (C=O) groups excluding carboxylic acids is 1. The molecule has 1 heterocycles. The molecule has 0 aromatic carbocycles. The Hall–Kier alpha value is -0.610. The Balaban J connectivity index is 1.80. The van der Waals surface area contributed by atoms with E-state index in [0.717, 1.165) is 32.1 Å². The van der Waals surface area contributed by atoms with Crippen LogP contribution in [0.2, 0.25) is 0 Å². The van der Waals surface area contributed by atoms with Gasteiger partial charge in [-0.1, -0.05) is 19.8 Å². The minimum Gasteiger partial charge on any atom is -0.393 e. The smallest absolute Gasteiger partial charge is 0.244 e. The fourth-order valence-corrected chi connectivity index (χ4v) is 4.47. The van der Waals surface area contributed by atoms with Crippen molar-refractivity contribution in [3.63, 3.8) is 0 Å². The molecule has 1 aliphatic heterocycles. The first-order valence-corrected chi connectivity index (χ1v) is 8.83. The standard InChI is InChI=1S/C17H30N2O2/c1-3-17(2)16(21)19(13-8-10-14(20)11-9-13)15(18-17)12-6-4-5-7-12/h12-15,18,20H,3-11H2,1-2H3. The number of nitrogens with zero attached hydrogens (tertiary/aromatic N) is 1. The molecule has 0 aromatic heterocycles. The summed E-state index contributed by atoms with van der Waals surface area (Å²) in [5.41, 5.74) is -0.386. The molecule has 2 aliphatic carbocycles. The van der Waals surface area contributed by atoms with E-state index in [4.69, 9.17) is 0 Å². The molecular weight excluding hydrogens is 264 g/mol. The van der Waals surface area contributed by atoms with Crippen LogP contribution < -0.4 is 5.32 Å². The van der Waals surface area contributed by atoms with Crippen molar-refractivity contribution in [2.45, 2.75) is 95.5 Å². The molecule has 1 saturated heterocycles. The zero-order valence-electron chi connectivity index (χ0n) is 13.5. The molecular formula is C17H30N2O2. The first kappa shape index (κ1) is 15.3. The van der Waals surface area contributed by atoms with Crippen LogP contribution in [0.15, 0.2) is 0 Å². The Kier molecular flexibility index (Phi) is 4.28. The molecule has 1 amide bonds. The highest BCUT2D eigenvalue weighted by molar-refractivity contribution is 5.88. The Labute approximate surface area is 128 Å². The van der Waals surface area contributed by atoms with Crippen molar-refractivity contribution >= 4 is 5.91 Å². The van der Waals surface area contributed by atoms with Crippen molar-refractivity contribution in [2.75, 3.05) is 0 Å². The fourth-order valence-electron chi connectivity index (χ4n) is 4.47. The van der Waals surface area contributed by atoms with Crippen molar-refractivity contribution in [3.8, 4) is 0 Å². The zero-order chi connectivity index (χ0) is 15.0. The number of aliphatic hydroxyl groups excluding tert-OH is 1. The van der Waals surface area contributed by atoms with E-state index < -0.39 is 0 Å². The minimum absolute atomic E-state index is 0.158. The average Bonchev–Trinajstić information content (AvgIpc) is 3.09. The number of carbonyl (C=O) groups is 1. The average molecular weight is 294 g/mol. The molecule has 4 heteroatoms. The van der Waals surface area contributed by atoms with Gasteiger partial charge in [-0.3, -0.25) is 10.1 Å². The predicted octanol–water partition coefficient (Wildman–Crippen LogP) is 2.41. The summed E-state index contributed by atoms with van der Waals surface area (Å²) >= 11 is 0. The summed E-state index contributed by atoms with van der Waals surface area (Å²) in [4.78, 5) is 15.2. The van der Waals surface area contributed by atoms with E-state index in [9.17, 15) is 9.90 Å². The topological polar surface area (TPSA) is 52.6 Å². The van der Waals surface area contributed by atoms with Crippen LogP contribution in [0.5, 0.6) is 0 Å². The summed E-state index contributed by atoms with van der Waals surface area (Å²) in [6.45, 7) is 4.17. The van der Waals surface area contributed by atoms with Gasteiger partial charge < -0.3 is 10.0 Å². The summed E-state index contributed by atoms with van der Waals surface area (Å²) in [7, 11) is 0. The number of aliphatic hydroxyl groups is 1. The van der Waals surface area contributed by atoms with Crippen molar-refractivity contribution in [1.82, 2.24) is 10.2 Å². The van der Waals surface area contributed by atoms with Crippen LogP contribution in [0, 0.1) is 5.92 Å². The van der Waals surface area contributed by atoms with E-state index in [1.165, 1.54) is 25.7 Å². The number of amides is 1. The van der Waals surface area contributed by atoms with E-state index in [1.807, 2.05) is 0 Å². The van der Waals surface area contributed by atoms with Gasteiger partial charge >= 0.3 is 0 Å². The van der Waals surface area contributed by atoms with Crippen LogP contribution in [0.4, 0.5) is 0 Å².